The Hall–Kier alpha value is 0.220. The van der Waals surface area contributed by atoms with Gasteiger partial charge in [0.05, 0.1) is 0 Å². The molecule has 0 amide bonds. The minimum atomic E-state index is 0. The van der Waals surface area contributed by atoms with Crippen molar-refractivity contribution in [1.29, 1.82) is 0 Å². The molecule has 0 atom stereocenters. The summed E-state index contributed by atoms with van der Waals surface area (Å²) in [7, 11) is 0. The van der Waals surface area contributed by atoms with E-state index in [1.165, 1.54) is 96.3 Å². The monoisotopic (exact) mass is 353 g/mol. The van der Waals surface area contributed by atoms with Crippen LogP contribution in [0.3, 0.4) is 0 Å². The van der Waals surface area contributed by atoms with Crippen molar-refractivity contribution < 1.29 is 0 Å². The van der Waals surface area contributed by atoms with Crippen LogP contribution in [0, 0.1) is 0 Å². The van der Waals surface area contributed by atoms with Gasteiger partial charge in [-0.15, -0.1) is 0 Å². The third kappa shape index (κ3) is 11.5. The molecule has 0 aliphatic heterocycles. The Morgan fingerprint density at radius 2 is 0.920 bits per heavy atom. The van der Waals surface area contributed by atoms with E-state index in [4.69, 9.17) is 0 Å². The summed E-state index contributed by atoms with van der Waals surface area (Å²) in [5, 5.41) is 0. The van der Waals surface area contributed by atoms with Crippen molar-refractivity contribution in [3.8, 4) is 0 Å². The van der Waals surface area contributed by atoms with Crippen molar-refractivity contribution in [2.75, 3.05) is 0 Å². The summed E-state index contributed by atoms with van der Waals surface area (Å²) in [4.78, 5) is 0. The van der Waals surface area contributed by atoms with Gasteiger partial charge in [0.1, 0.15) is 0 Å². The van der Waals surface area contributed by atoms with E-state index < -0.39 is 0 Å². The third-order valence-electron chi connectivity index (χ3n) is 5.25. The second kappa shape index (κ2) is 17.6. The topological polar surface area (TPSA) is 0 Å². The summed E-state index contributed by atoms with van der Waals surface area (Å²) in [6, 6.07) is 7.15. The number of benzene rings is 1. The van der Waals surface area contributed by atoms with Gasteiger partial charge >= 0.3 is 0 Å². The van der Waals surface area contributed by atoms with Crippen molar-refractivity contribution in [3.05, 3.63) is 34.9 Å². The van der Waals surface area contributed by atoms with Crippen molar-refractivity contribution >= 4 is 29.6 Å². The van der Waals surface area contributed by atoms with Crippen LogP contribution >= 0.6 is 0 Å². The first-order valence-electron chi connectivity index (χ1n) is 10.9. The maximum atomic E-state index is 2.41. The zero-order valence-corrected chi connectivity index (χ0v) is 19.8. The molecular weight excluding hydrogens is 311 g/mol. The Morgan fingerprint density at radius 1 is 0.520 bits per heavy atom. The predicted molar refractivity (Wildman–Crippen MR) is 116 cm³/mol. The van der Waals surface area contributed by atoms with Gasteiger partial charge in [0.25, 0.3) is 0 Å². The average molecular weight is 354 g/mol. The van der Waals surface area contributed by atoms with Gasteiger partial charge in [-0.2, -0.15) is 0 Å². The SMILES string of the molecule is CCCCCCc1cccc(CCCCCC)c1CCCCCC.[Na]. The Balaban J connectivity index is 0.00000576. The van der Waals surface area contributed by atoms with Crippen LogP contribution in [0.25, 0.3) is 0 Å². The second-order valence-corrected chi connectivity index (χ2v) is 7.49. The molecule has 0 aliphatic carbocycles. The maximum Gasteiger partial charge on any atom is 0 e. The number of rotatable bonds is 15. The maximum absolute atomic E-state index is 2.41. The molecule has 0 fully saturated rings. The fourth-order valence-electron chi connectivity index (χ4n) is 3.69. The fraction of sp³-hybridized carbons (Fsp3) is 0.750. The van der Waals surface area contributed by atoms with Crippen LogP contribution in [0.15, 0.2) is 18.2 Å². The van der Waals surface area contributed by atoms with Gasteiger partial charge in [-0.25, -0.2) is 0 Å². The average Bonchev–Trinajstić information content (AvgIpc) is 2.60. The van der Waals surface area contributed by atoms with Crippen molar-refractivity contribution in [2.24, 2.45) is 0 Å². The first kappa shape index (κ1) is 25.2. The normalized spacial score (nSPS) is 10.7. The Bertz CT molecular complexity index is 380. The van der Waals surface area contributed by atoms with Gasteiger partial charge in [-0.3, -0.25) is 0 Å². The smallest absolute Gasteiger partial charge is 0 e. The fourth-order valence-corrected chi connectivity index (χ4v) is 3.69. The molecule has 1 aromatic rings. The van der Waals surface area contributed by atoms with Gasteiger partial charge in [0.15, 0.2) is 0 Å². The van der Waals surface area contributed by atoms with Crippen LogP contribution in [0.5, 0.6) is 0 Å². The molecule has 0 spiro atoms. The summed E-state index contributed by atoms with van der Waals surface area (Å²) < 4.78 is 0. The second-order valence-electron chi connectivity index (χ2n) is 7.49. The van der Waals surface area contributed by atoms with Crippen molar-refractivity contribution in [3.63, 3.8) is 0 Å². The summed E-state index contributed by atoms with van der Waals surface area (Å²) in [5.41, 5.74) is 5.05. The molecule has 1 radical (unpaired) electrons. The largest absolute Gasteiger partial charge is 0.0654 e. The summed E-state index contributed by atoms with van der Waals surface area (Å²) in [6.07, 6.45) is 20.4. The molecule has 1 rings (SSSR count). The molecule has 0 heterocycles. The number of hydrogen-bond donors (Lipinski definition) is 0. The molecule has 0 aromatic heterocycles. The molecule has 0 N–H and O–H groups in total. The predicted octanol–water partition coefficient (Wildman–Crippen LogP) is 7.67. The van der Waals surface area contributed by atoms with E-state index in [-0.39, 0.29) is 29.6 Å². The van der Waals surface area contributed by atoms with Gasteiger partial charge in [0, 0.05) is 29.6 Å². The molecule has 1 aromatic carbocycles. The Labute approximate surface area is 180 Å². The van der Waals surface area contributed by atoms with E-state index in [2.05, 4.69) is 39.0 Å². The zero-order valence-electron chi connectivity index (χ0n) is 17.8. The van der Waals surface area contributed by atoms with Gasteiger partial charge < -0.3 is 0 Å². The van der Waals surface area contributed by atoms with Crippen molar-refractivity contribution in [2.45, 2.75) is 117 Å². The quantitative estimate of drug-likeness (QED) is 0.224. The van der Waals surface area contributed by atoms with Crippen LogP contribution in [0.1, 0.15) is 115 Å². The molecule has 0 nitrogen and oxygen atoms in total. The Kier molecular flexibility index (Phi) is 17.8. The molecule has 0 saturated carbocycles. The summed E-state index contributed by atoms with van der Waals surface area (Å²) in [6.45, 7) is 6.91. The van der Waals surface area contributed by atoms with E-state index in [1.807, 2.05) is 0 Å². The molecule has 0 saturated heterocycles. The van der Waals surface area contributed by atoms with E-state index in [0.717, 1.165) is 0 Å². The number of hydrogen-bond acceptors (Lipinski definition) is 0. The molecule has 25 heavy (non-hydrogen) atoms. The molecule has 139 valence electrons. The van der Waals surface area contributed by atoms with E-state index in [1.54, 1.807) is 16.7 Å². The van der Waals surface area contributed by atoms with Crippen LogP contribution in [-0.4, -0.2) is 29.6 Å². The standard InChI is InChI=1S/C24H42.Na/c1-4-7-10-13-17-22-19-16-20-23(18-14-11-8-5-2)24(22)21-15-12-9-6-3;/h16,19-20H,4-15,17-18,21H2,1-3H3;. The van der Waals surface area contributed by atoms with Crippen LogP contribution in [0.4, 0.5) is 0 Å². The van der Waals surface area contributed by atoms with Crippen LogP contribution in [0.2, 0.25) is 0 Å². The van der Waals surface area contributed by atoms with E-state index in [0.29, 0.717) is 0 Å². The zero-order chi connectivity index (χ0) is 17.5. The van der Waals surface area contributed by atoms with Crippen molar-refractivity contribution in [1.82, 2.24) is 0 Å². The first-order chi connectivity index (χ1) is 11.8. The van der Waals surface area contributed by atoms with Gasteiger partial charge in [-0.1, -0.05) is 96.8 Å². The van der Waals surface area contributed by atoms with Crippen LogP contribution < -0.4 is 0 Å². The van der Waals surface area contributed by atoms with Gasteiger partial charge in [0.2, 0.25) is 0 Å². The molecule has 0 unspecified atom stereocenters. The first-order valence-corrected chi connectivity index (χ1v) is 10.9. The van der Waals surface area contributed by atoms with Gasteiger partial charge in [-0.05, 0) is 55.2 Å². The molecule has 0 aliphatic rings. The molecule has 1 heteroatoms. The number of aryl methyl sites for hydroxylation is 2. The van der Waals surface area contributed by atoms with E-state index >= 15 is 0 Å². The minimum Gasteiger partial charge on any atom is -0.0654 e. The summed E-state index contributed by atoms with van der Waals surface area (Å²) >= 11 is 0. The van der Waals surface area contributed by atoms with E-state index in [9.17, 15) is 0 Å². The Morgan fingerprint density at radius 3 is 1.32 bits per heavy atom. The molecule has 0 bridgehead atoms. The van der Waals surface area contributed by atoms with Crippen LogP contribution in [-0.2, 0) is 19.3 Å². The third-order valence-corrected chi connectivity index (χ3v) is 5.25. The minimum absolute atomic E-state index is 0. The molecular formula is C24H42Na. The number of unbranched alkanes of at least 4 members (excludes halogenated alkanes) is 9. The summed E-state index contributed by atoms with van der Waals surface area (Å²) in [5.74, 6) is 0.